The summed E-state index contributed by atoms with van der Waals surface area (Å²) < 4.78 is 2.02. The van der Waals surface area contributed by atoms with Crippen molar-refractivity contribution in [2.24, 2.45) is 0 Å². The molecule has 0 N–H and O–H groups in total. The molecule has 0 aliphatic rings. The van der Waals surface area contributed by atoms with Gasteiger partial charge in [-0.15, -0.1) is 0 Å². The number of nitriles is 1. The van der Waals surface area contributed by atoms with Crippen molar-refractivity contribution in [3.63, 3.8) is 0 Å². The van der Waals surface area contributed by atoms with Gasteiger partial charge >= 0.3 is 0 Å². The van der Waals surface area contributed by atoms with Gasteiger partial charge in [0.25, 0.3) is 0 Å². The van der Waals surface area contributed by atoms with Gasteiger partial charge in [-0.3, -0.25) is 0 Å². The zero-order valence-corrected chi connectivity index (χ0v) is 11.6. The summed E-state index contributed by atoms with van der Waals surface area (Å²) in [5.74, 6) is 0.872. The molecule has 4 nitrogen and oxygen atoms in total. The normalized spacial score (nSPS) is 10.7. The monoisotopic (exact) mass is 282 g/mol. The SMILES string of the molecule is Cc1nc2cc(Cl)cnc2n1Cc1cccc(C#N)c1. The van der Waals surface area contributed by atoms with Crippen LogP contribution in [0.5, 0.6) is 0 Å². The summed E-state index contributed by atoms with van der Waals surface area (Å²) in [5, 5.41) is 9.53. The smallest absolute Gasteiger partial charge is 0.160 e. The van der Waals surface area contributed by atoms with E-state index in [2.05, 4.69) is 16.0 Å². The number of nitrogens with zero attached hydrogens (tertiary/aromatic N) is 4. The van der Waals surface area contributed by atoms with Crippen LogP contribution in [-0.2, 0) is 6.54 Å². The summed E-state index contributed by atoms with van der Waals surface area (Å²) in [6.45, 7) is 2.57. The van der Waals surface area contributed by atoms with Crippen molar-refractivity contribution >= 4 is 22.8 Å². The van der Waals surface area contributed by atoms with Gasteiger partial charge in [-0.1, -0.05) is 23.7 Å². The molecule has 0 atom stereocenters. The minimum Gasteiger partial charge on any atom is -0.308 e. The number of hydrogen-bond acceptors (Lipinski definition) is 3. The predicted molar refractivity (Wildman–Crippen MR) is 77.5 cm³/mol. The summed E-state index contributed by atoms with van der Waals surface area (Å²) in [6.07, 6.45) is 1.62. The number of fused-ring (bicyclic) bond motifs is 1. The van der Waals surface area contributed by atoms with E-state index >= 15 is 0 Å². The minimum atomic E-state index is 0.577. The first-order valence-electron chi connectivity index (χ1n) is 6.15. The molecule has 0 bridgehead atoms. The van der Waals surface area contributed by atoms with Crippen LogP contribution >= 0.6 is 11.6 Å². The van der Waals surface area contributed by atoms with E-state index in [1.165, 1.54) is 0 Å². The fourth-order valence-corrected chi connectivity index (χ4v) is 2.36. The quantitative estimate of drug-likeness (QED) is 0.724. The molecule has 1 aromatic carbocycles. The molecule has 0 aliphatic carbocycles. The van der Waals surface area contributed by atoms with E-state index in [0.29, 0.717) is 17.1 Å². The number of rotatable bonds is 2. The minimum absolute atomic E-state index is 0.577. The summed E-state index contributed by atoms with van der Waals surface area (Å²) in [7, 11) is 0. The van der Waals surface area contributed by atoms with E-state index in [4.69, 9.17) is 16.9 Å². The first kappa shape index (κ1) is 12.6. The van der Waals surface area contributed by atoms with Gasteiger partial charge in [-0.2, -0.15) is 5.26 Å². The van der Waals surface area contributed by atoms with E-state index in [0.717, 1.165) is 22.6 Å². The molecule has 2 aromatic heterocycles. The van der Waals surface area contributed by atoms with Gasteiger partial charge in [0.05, 0.1) is 23.2 Å². The van der Waals surface area contributed by atoms with Crippen LogP contribution in [0.25, 0.3) is 11.2 Å². The third-order valence-corrected chi connectivity index (χ3v) is 3.35. The lowest BCUT2D eigenvalue weighted by molar-refractivity contribution is 0.777. The maximum Gasteiger partial charge on any atom is 0.160 e. The van der Waals surface area contributed by atoms with Crippen LogP contribution in [0.4, 0.5) is 0 Å². The number of aryl methyl sites for hydroxylation is 1. The Morgan fingerprint density at radius 2 is 2.20 bits per heavy atom. The molecule has 2 heterocycles. The van der Waals surface area contributed by atoms with Gasteiger partial charge < -0.3 is 4.57 Å². The maximum atomic E-state index is 8.95. The molecular formula is C15H11ClN4. The molecule has 3 aromatic rings. The first-order valence-corrected chi connectivity index (χ1v) is 6.52. The number of aromatic nitrogens is 3. The van der Waals surface area contributed by atoms with Crippen molar-refractivity contribution in [3.05, 3.63) is 58.5 Å². The summed E-state index contributed by atoms with van der Waals surface area (Å²) in [4.78, 5) is 8.81. The Morgan fingerprint density at radius 1 is 1.35 bits per heavy atom. The summed E-state index contributed by atoms with van der Waals surface area (Å²) in [6, 6.07) is 11.5. The lowest BCUT2D eigenvalue weighted by Crippen LogP contribution is -2.03. The van der Waals surface area contributed by atoms with E-state index in [1.54, 1.807) is 18.3 Å². The number of benzene rings is 1. The third-order valence-electron chi connectivity index (χ3n) is 3.14. The molecule has 98 valence electrons. The van der Waals surface area contributed by atoms with Crippen molar-refractivity contribution in [1.82, 2.24) is 14.5 Å². The Kier molecular flexibility index (Phi) is 3.13. The zero-order valence-electron chi connectivity index (χ0n) is 10.8. The van der Waals surface area contributed by atoms with Crippen molar-refractivity contribution in [2.75, 3.05) is 0 Å². The average molecular weight is 283 g/mol. The molecule has 0 fully saturated rings. The second-order valence-electron chi connectivity index (χ2n) is 4.55. The van der Waals surface area contributed by atoms with Crippen LogP contribution in [0.15, 0.2) is 36.5 Å². The Bertz CT molecular complexity index is 829. The maximum absolute atomic E-state index is 8.95. The first-order chi connectivity index (χ1) is 9.67. The van der Waals surface area contributed by atoms with Crippen LogP contribution in [0.2, 0.25) is 5.02 Å². The fourth-order valence-electron chi connectivity index (χ4n) is 2.21. The molecule has 0 spiro atoms. The molecule has 0 aliphatic heterocycles. The fraction of sp³-hybridized carbons (Fsp3) is 0.133. The van der Waals surface area contributed by atoms with Gasteiger partial charge in [0.15, 0.2) is 5.65 Å². The average Bonchev–Trinajstić information content (AvgIpc) is 2.74. The van der Waals surface area contributed by atoms with E-state index in [9.17, 15) is 0 Å². The van der Waals surface area contributed by atoms with Crippen LogP contribution < -0.4 is 0 Å². The molecular weight excluding hydrogens is 272 g/mol. The molecule has 0 saturated carbocycles. The highest BCUT2D eigenvalue weighted by Crippen LogP contribution is 2.19. The van der Waals surface area contributed by atoms with Crippen molar-refractivity contribution < 1.29 is 0 Å². The second kappa shape index (κ2) is 4.95. The molecule has 3 rings (SSSR count). The standard InChI is InChI=1S/C15H11ClN4/c1-10-19-14-6-13(16)8-18-15(14)20(10)9-12-4-2-3-11(5-12)7-17/h2-6,8H,9H2,1H3. The third kappa shape index (κ3) is 2.24. The number of halogens is 1. The lowest BCUT2D eigenvalue weighted by atomic mass is 10.1. The van der Waals surface area contributed by atoms with Gasteiger partial charge in [0.2, 0.25) is 0 Å². The topological polar surface area (TPSA) is 54.5 Å². The molecule has 0 saturated heterocycles. The van der Waals surface area contributed by atoms with E-state index in [-0.39, 0.29) is 0 Å². The highest BCUT2D eigenvalue weighted by Gasteiger charge is 2.09. The van der Waals surface area contributed by atoms with Crippen molar-refractivity contribution in [3.8, 4) is 6.07 Å². The van der Waals surface area contributed by atoms with Crippen molar-refractivity contribution in [1.29, 1.82) is 5.26 Å². The highest BCUT2D eigenvalue weighted by molar-refractivity contribution is 6.31. The summed E-state index contributed by atoms with van der Waals surface area (Å²) >= 11 is 5.93. The van der Waals surface area contributed by atoms with Crippen LogP contribution in [0, 0.1) is 18.3 Å². The summed E-state index contributed by atoms with van der Waals surface area (Å²) in [5.41, 5.74) is 3.28. The van der Waals surface area contributed by atoms with Crippen LogP contribution in [-0.4, -0.2) is 14.5 Å². The van der Waals surface area contributed by atoms with Crippen molar-refractivity contribution in [2.45, 2.75) is 13.5 Å². The van der Waals surface area contributed by atoms with Gasteiger partial charge in [0, 0.05) is 6.20 Å². The predicted octanol–water partition coefficient (Wildman–Crippen LogP) is 3.31. The number of hydrogen-bond donors (Lipinski definition) is 0. The lowest BCUT2D eigenvalue weighted by Gasteiger charge is -2.06. The van der Waals surface area contributed by atoms with E-state index < -0.39 is 0 Å². The highest BCUT2D eigenvalue weighted by atomic mass is 35.5. The van der Waals surface area contributed by atoms with Gasteiger partial charge in [0.1, 0.15) is 11.3 Å². The Labute approximate surface area is 121 Å². The van der Waals surface area contributed by atoms with Gasteiger partial charge in [-0.05, 0) is 30.7 Å². The Balaban J connectivity index is 2.06. The molecule has 0 amide bonds. The molecule has 20 heavy (non-hydrogen) atoms. The number of pyridine rings is 1. The molecule has 0 unspecified atom stereocenters. The van der Waals surface area contributed by atoms with Crippen LogP contribution in [0.1, 0.15) is 17.0 Å². The zero-order chi connectivity index (χ0) is 14.1. The van der Waals surface area contributed by atoms with E-state index in [1.807, 2.05) is 29.7 Å². The molecule has 0 radical (unpaired) electrons. The van der Waals surface area contributed by atoms with Gasteiger partial charge in [-0.25, -0.2) is 9.97 Å². The molecule has 5 heteroatoms. The largest absolute Gasteiger partial charge is 0.308 e. The number of imidazole rings is 1. The Hall–Kier alpha value is -2.38. The Morgan fingerprint density at radius 3 is 3.00 bits per heavy atom. The van der Waals surface area contributed by atoms with Crippen LogP contribution in [0.3, 0.4) is 0 Å². The second-order valence-corrected chi connectivity index (χ2v) is 4.99.